The van der Waals surface area contributed by atoms with Crippen LogP contribution >= 0.6 is 0 Å². The highest BCUT2D eigenvalue weighted by molar-refractivity contribution is 5.86. The van der Waals surface area contributed by atoms with Crippen molar-refractivity contribution < 1.29 is 14.7 Å². The van der Waals surface area contributed by atoms with Gasteiger partial charge in [0, 0.05) is 12.6 Å². The summed E-state index contributed by atoms with van der Waals surface area (Å²) in [5.74, 6) is -1.35. The Balaban J connectivity index is 1.97. The van der Waals surface area contributed by atoms with Gasteiger partial charge in [-0.25, -0.2) is 9.78 Å². The van der Waals surface area contributed by atoms with E-state index in [4.69, 9.17) is 0 Å². The van der Waals surface area contributed by atoms with Crippen molar-refractivity contribution in [1.82, 2.24) is 20.6 Å². The molecule has 32 heavy (non-hydrogen) atoms. The number of aromatic nitrogens is 2. The maximum absolute atomic E-state index is 12.3. The van der Waals surface area contributed by atoms with E-state index in [9.17, 15) is 14.7 Å². The molecule has 0 aromatic carbocycles. The Bertz CT molecular complexity index is 592. The first-order valence-electron chi connectivity index (χ1n) is 12.8. The van der Waals surface area contributed by atoms with Crippen molar-refractivity contribution in [2.24, 2.45) is 0 Å². The van der Waals surface area contributed by atoms with Crippen molar-refractivity contribution in [3.63, 3.8) is 0 Å². The molecular weight excluding hydrogens is 404 g/mol. The molecule has 1 aromatic heterocycles. The van der Waals surface area contributed by atoms with Crippen LogP contribution in [0, 0.1) is 0 Å². The third kappa shape index (κ3) is 14.2. The Kier molecular flexibility index (Phi) is 16.4. The lowest BCUT2D eigenvalue weighted by Crippen LogP contribution is -2.50. The highest BCUT2D eigenvalue weighted by Crippen LogP contribution is 2.12. The summed E-state index contributed by atoms with van der Waals surface area (Å²) in [6.45, 7) is 4.80. The minimum atomic E-state index is -1.06. The number of carboxylic acid groups (broad SMARTS) is 1. The average Bonchev–Trinajstić information content (AvgIpc) is 3.28. The van der Waals surface area contributed by atoms with Crippen LogP contribution in [0.4, 0.5) is 0 Å². The van der Waals surface area contributed by atoms with Crippen LogP contribution in [0.1, 0.15) is 109 Å². The minimum absolute atomic E-state index is 0.163. The molecule has 184 valence electrons. The zero-order chi connectivity index (χ0) is 23.4. The van der Waals surface area contributed by atoms with E-state index in [1.54, 1.807) is 13.1 Å². The van der Waals surface area contributed by atoms with Crippen LogP contribution in [-0.2, 0) is 16.0 Å². The maximum atomic E-state index is 12.3. The van der Waals surface area contributed by atoms with Crippen molar-refractivity contribution in [2.45, 2.75) is 122 Å². The third-order valence-electron chi connectivity index (χ3n) is 5.96. The first-order valence-corrected chi connectivity index (χ1v) is 12.8. The number of aromatic amines is 1. The molecule has 2 atom stereocenters. The van der Waals surface area contributed by atoms with E-state index in [2.05, 4.69) is 27.5 Å². The summed E-state index contributed by atoms with van der Waals surface area (Å²) in [5.41, 5.74) is 0.612. The minimum Gasteiger partial charge on any atom is -0.480 e. The molecule has 0 radical (unpaired) electrons. The number of carbonyl (C=O) groups is 2. The molecule has 4 N–H and O–H groups in total. The van der Waals surface area contributed by atoms with Gasteiger partial charge < -0.3 is 20.7 Å². The van der Waals surface area contributed by atoms with Gasteiger partial charge in [-0.2, -0.15) is 0 Å². The van der Waals surface area contributed by atoms with Crippen LogP contribution in [-0.4, -0.2) is 45.6 Å². The molecule has 0 saturated carbocycles. The number of amides is 1. The highest BCUT2D eigenvalue weighted by atomic mass is 16.4. The topological polar surface area (TPSA) is 107 Å². The van der Waals surface area contributed by atoms with Gasteiger partial charge in [0.15, 0.2) is 0 Å². The van der Waals surface area contributed by atoms with E-state index in [1.165, 1.54) is 83.4 Å². The lowest BCUT2D eigenvalue weighted by molar-refractivity contribution is -0.142. The predicted molar refractivity (Wildman–Crippen MR) is 130 cm³/mol. The molecule has 1 unspecified atom stereocenters. The quantitative estimate of drug-likeness (QED) is 0.198. The number of hydrogen-bond acceptors (Lipinski definition) is 4. The summed E-state index contributed by atoms with van der Waals surface area (Å²) in [7, 11) is 0. The molecular formula is C25H46N4O3. The number of aliphatic carboxylic acids is 1. The molecule has 0 saturated heterocycles. The largest absolute Gasteiger partial charge is 0.480 e. The second-order valence-corrected chi connectivity index (χ2v) is 8.94. The fraction of sp³-hybridized carbons (Fsp3) is 0.800. The van der Waals surface area contributed by atoms with Gasteiger partial charge >= 0.3 is 5.97 Å². The third-order valence-corrected chi connectivity index (χ3v) is 5.96. The number of nitrogens with one attached hydrogen (secondary N) is 3. The lowest BCUT2D eigenvalue weighted by Gasteiger charge is -2.18. The number of carbonyl (C=O) groups excluding carboxylic acids is 1. The summed E-state index contributed by atoms with van der Waals surface area (Å²) in [6.07, 6.45) is 21.8. The van der Waals surface area contributed by atoms with Gasteiger partial charge in [0.05, 0.1) is 18.1 Å². The molecule has 1 heterocycles. The zero-order valence-electron chi connectivity index (χ0n) is 20.3. The first-order chi connectivity index (χ1) is 15.5. The number of carboxylic acids is 1. The zero-order valence-corrected chi connectivity index (χ0v) is 20.3. The predicted octanol–water partition coefficient (Wildman–Crippen LogP) is 4.98. The molecule has 1 rings (SSSR count). The summed E-state index contributed by atoms with van der Waals surface area (Å²) in [4.78, 5) is 30.5. The summed E-state index contributed by atoms with van der Waals surface area (Å²) >= 11 is 0. The first kappa shape index (κ1) is 28.1. The monoisotopic (exact) mass is 450 g/mol. The van der Waals surface area contributed by atoms with Crippen LogP contribution in [0.25, 0.3) is 0 Å². The van der Waals surface area contributed by atoms with Crippen molar-refractivity contribution in [3.05, 3.63) is 18.2 Å². The molecule has 0 spiro atoms. The van der Waals surface area contributed by atoms with Gasteiger partial charge in [0.1, 0.15) is 6.04 Å². The Labute approximate surface area is 194 Å². The number of H-pyrrole nitrogens is 1. The maximum Gasteiger partial charge on any atom is 0.326 e. The fourth-order valence-electron chi connectivity index (χ4n) is 3.84. The summed E-state index contributed by atoms with van der Waals surface area (Å²) in [6, 6.07) is -1.39. The molecule has 0 aliphatic heterocycles. The van der Waals surface area contributed by atoms with E-state index in [0.717, 1.165) is 19.4 Å². The molecule has 0 aliphatic carbocycles. The average molecular weight is 451 g/mol. The number of hydrogen-bond donors (Lipinski definition) is 4. The van der Waals surface area contributed by atoms with Crippen LogP contribution in [0.15, 0.2) is 12.5 Å². The van der Waals surface area contributed by atoms with Crippen molar-refractivity contribution in [3.8, 4) is 0 Å². The van der Waals surface area contributed by atoms with Crippen molar-refractivity contribution in [2.75, 3.05) is 6.54 Å². The summed E-state index contributed by atoms with van der Waals surface area (Å²) in [5, 5.41) is 15.2. The van der Waals surface area contributed by atoms with E-state index in [-0.39, 0.29) is 12.3 Å². The number of imidazole rings is 1. The molecule has 7 nitrogen and oxygen atoms in total. The smallest absolute Gasteiger partial charge is 0.326 e. The van der Waals surface area contributed by atoms with Gasteiger partial charge in [0.2, 0.25) is 5.91 Å². The van der Waals surface area contributed by atoms with Crippen LogP contribution in [0.5, 0.6) is 0 Å². The Morgan fingerprint density at radius 3 is 1.94 bits per heavy atom. The Morgan fingerprint density at radius 2 is 1.47 bits per heavy atom. The molecule has 0 bridgehead atoms. The number of nitrogens with zero attached hydrogens (tertiary/aromatic N) is 1. The Morgan fingerprint density at radius 1 is 0.938 bits per heavy atom. The van der Waals surface area contributed by atoms with Gasteiger partial charge in [-0.15, -0.1) is 0 Å². The molecule has 1 aromatic rings. The van der Waals surface area contributed by atoms with Crippen LogP contribution in [0.2, 0.25) is 0 Å². The van der Waals surface area contributed by atoms with Gasteiger partial charge in [-0.1, -0.05) is 90.4 Å². The van der Waals surface area contributed by atoms with E-state index < -0.39 is 18.1 Å². The second kappa shape index (κ2) is 18.7. The van der Waals surface area contributed by atoms with Gasteiger partial charge in [0.25, 0.3) is 0 Å². The SMILES string of the molecule is CCCCCCCCCCCCCCCCNC(C)C(=O)N[C@@H](Cc1c[nH]cn1)C(=O)O. The molecule has 0 aliphatic rings. The Hall–Kier alpha value is -1.89. The van der Waals surface area contributed by atoms with E-state index >= 15 is 0 Å². The van der Waals surface area contributed by atoms with Gasteiger partial charge in [-0.05, 0) is 19.9 Å². The van der Waals surface area contributed by atoms with E-state index in [0.29, 0.717) is 5.69 Å². The van der Waals surface area contributed by atoms with Crippen LogP contribution in [0.3, 0.4) is 0 Å². The van der Waals surface area contributed by atoms with Crippen LogP contribution < -0.4 is 10.6 Å². The standard InChI is InChI=1S/C25H46N4O3/c1-3-4-5-6-7-8-9-10-11-12-13-14-15-16-17-27-21(2)24(30)29-23(25(31)32)18-22-19-26-20-28-22/h19-21,23,27H,3-18H2,1-2H3,(H,26,28)(H,29,30)(H,31,32)/t21?,23-/m0/s1. The highest BCUT2D eigenvalue weighted by Gasteiger charge is 2.23. The summed E-state index contributed by atoms with van der Waals surface area (Å²) < 4.78 is 0. The molecule has 7 heteroatoms. The normalized spacial score (nSPS) is 13.1. The van der Waals surface area contributed by atoms with Crippen molar-refractivity contribution >= 4 is 11.9 Å². The molecule has 1 amide bonds. The number of rotatable bonds is 21. The van der Waals surface area contributed by atoms with Crippen molar-refractivity contribution in [1.29, 1.82) is 0 Å². The van der Waals surface area contributed by atoms with E-state index in [1.807, 2.05) is 0 Å². The number of unbranched alkanes of at least 4 members (excludes halogenated alkanes) is 13. The lowest BCUT2D eigenvalue weighted by atomic mass is 10.0. The second-order valence-electron chi connectivity index (χ2n) is 8.94. The molecule has 0 fully saturated rings. The fourth-order valence-corrected chi connectivity index (χ4v) is 3.84. The van der Waals surface area contributed by atoms with Gasteiger partial charge in [-0.3, -0.25) is 4.79 Å².